The van der Waals surface area contributed by atoms with E-state index in [1.54, 1.807) is 0 Å². The molecule has 116 valence electrons. The Hall–Kier alpha value is -1.59. The van der Waals surface area contributed by atoms with Crippen LogP contribution >= 0.6 is 0 Å². The fraction of sp³-hybridized carbons (Fsp3) is 0.800. The summed E-state index contributed by atoms with van der Waals surface area (Å²) >= 11 is 0. The molecule has 6 heteroatoms. The lowest BCUT2D eigenvalue weighted by molar-refractivity contribution is -0.149. The summed E-state index contributed by atoms with van der Waals surface area (Å²) in [5.41, 5.74) is 0. The zero-order valence-corrected chi connectivity index (χ0v) is 12.1. The summed E-state index contributed by atoms with van der Waals surface area (Å²) in [5.74, 6) is 0.986. The van der Waals surface area contributed by atoms with Crippen molar-refractivity contribution in [3.63, 3.8) is 0 Å². The summed E-state index contributed by atoms with van der Waals surface area (Å²) in [4.78, 5) is 34.6. The minimum Gasteiger partial charge on any atom is -0.456 e. The highest BCUT2D eigenvalue weighted by atomic mass is 16.5. The van der Waals surface area contributed by atoms with Crippen LogP contribution in [0.15, 0.2) is 0 Å². The van der Waals surface area contributed by atoms with Gasteiger partial charge in [-0.2, -0.15) is 0 Å². The van der Waals surface area contributed by atoms with Crippen molar-refractivity contribution in [1.82, 2.24) is 10.6 Å². The first-order valence-corrected chi connectivity index (χ1v) is 7.86. The van der Waals surface area contributed by atoms with Crippen molar-refractivity contribution in [2.24, 2.45) is 17.8 Å². The van der Waals surface area contributed by atoms with E-state index >= 15 is 0 Å². The van der Waals surface area contributed by atoms with Crippen LogP contribution in [0.2, 0.25) is 0 Å². The smallest absolute Gasteiger partial charge is 0.321 e. The summed E-state index contributed by atoms with van der Waals surface area (Å²) in [7, 11) is 0. The number of fused-ring (bicyclic) bond motifs is 2. The first kappa shape index (κ1) is 14.4. The molecule has 0 aliphatic heterocycles. The molecule has 0 radical (unpaired) electrons. The number of carbonyl (C=O) groups excluding carboxylic acids is 3. The molecule has 3 aliphatic carbocycles. The van der Waals surface area contributed by atoms with Gasteiger partial charge in [-0.1, -0.05) is 6.42 Å². The standard InChI is InChI=1S/C15H22N2O4/c18-13(17-15(20)16-12-3-4-12)8-21-14(19)7-11-6-9-1-2-10(11)5-9/h9-12H,1-8H2,(H2,16,17,18,20)/t9-,10+,11+/m1/s1. The second-order valence-corrected chi connectivity index (χ2v) is 6.60. The van der Waals surface area contributed by atoms with Gasteiger partial charge in [0.25, 0.3) is 5.91 Å². The molecule has 0 unspecified atom stereocenters. The largest absolute Gasteiger partial charge is 0.456 e. The highest BCUT2D eigenvalue weighted by molar-refractivity contribution is 5.95. The molecular formula is C15H22N2O4. The van der Waals surface area contributed by atoms with E-state index in [1.807, 2.05) is 0 Å². The SMILES string of the molecule is O=C(COC(=O)C[C@@H]1C[C@@H]2CC[C@H]1C2)NC(=O)NC1CC1. The molecule has 21 heavy (non-hydrogen) atoms. The third-order valence-electron chi connectivity index (χ3n) is 4.84. The predicted octanol–water partition coefficient (Wildman–Crippen LogP) is 1.34. The topological polar surface area (TPSA) is 84.5 Å². The fourth-order valence-electron chi connectivity index (χ4n) is 3.66. The third-order valence-corrected chi connectivity index (χ3v) is 4.84. The Labute approximate surface area is 124 Å². The summed E-state index contributed by atoms with van der Waals surface area (Å²) in [5, 5.41) is 4.80. The highest BCUT2D eigenvalue weighted by Crippen LogP contribution is 2.49. The summed E-state index contributed by atoms with van der Waals surface area (Å²) in [6.45, 7) is -0.377. The summed E-state index contributed by atoms with van der Waals surface area (Å²) < 4.78 is 4.96. The fourth-order valence-corrected chi connectivity index (χ4v) is 3.66. The Balaban J connectivity index is 1.31. The molecule has 3 fully saturated rings. The number of hydrogen-bond acceptors (Lipinski definition) is 4. The van der Waals surface area contributed by atoms with Gasteiger partial charge < -0.3 is 10.1 Å². The zero-order valence-electron chi connectivity index (χ0n) is 12.1. The molecular weight excluding hydrogens is 272 g/mol. The number of rotatable bonds is 5. The molecule has 0 aromatic rings. The second-order valence-electron chi connectivity index (χ2n) is 6.60. The molecule has 3 atom stereocenters. The number of amides is 3. The molecule has 3 rings (SSSR count). The average Bonchev–Trinajstić information content (AvgIpc) is 2.99. The number of ether oxygens (including phenoxy) is 1. The molecule has 0 aromatic carbocycles. The predicted molar refractivity (Wildman–Crippen MR) is 74.2 cm³/mol. The number of imide groups is 1. The lowest BCUT2D eigenvalue weighted by atomic mass is 9.86. The van der Waals surface area contributed by atoms with Gasteiger partial charge in [0.2, 0.25) is 0 Å². The minimum atomic E-state index is -0.575. The molecule has 0 saturated heterocycles. The maximum atomic E-state index is 11.8. The van der Waals surface area contributed by atoms with Crippen LogP contribution in [-0.2, 0) is 14.3 Å². The van der Waals surface area contributed by atoms with Crippen molar-refractivity contribution in [1.29, 1.82) is 0 Å². The Bertz CT molecular complexity index is 447. The Morgan fingerprint density at radius 2 is 1.86 bits per heavy atom. The van der Waals surface area contributed by atoms with E-state index in [0.717, 1.165) is 25.2 Å². The molecule has 0 heterocycles. The molecule has 0 aromatic heterocycles. The Morgan fingerprint density at radius 3 is 2.48 bits per heavy atom. The van der Waals surface area contributed by atoms with Crippen LogP contribution < -0.4 is 10.6 Å². The second kappa shape index (κ2) is 6.03. The van der Waals surface area contributed by atoms with Gasteiger partial charge >= 0.3 is 12.0 Å². The highest BCUT2D eigenvalue weighted by Gasteiger charge is 2.40. The molecule has 2 N–H and O–H groups in total. The molecule has 2 bridgehead atoms. The lowest BCUT2D eigenvalue weighted by Gasteiger charge is -2.20. The normalized spacial score (nSPS) is 30.0. The molecule has 3 saturated carbocycles. The van der Waals surface area contributed by atoms with E-state index in [0.29, 0.717) is 18.3 Å². The maximum Gasteiger partial charge on any atom is 0.321 e. The Kier molecular flexibility index (Phi) is 4.12. The first-order valence-electron chi connectivity index (χ1n) is 7.86. The van der Waals surface area contributed by atoms with Crippen molar-refractivity contribution in [3.05, 3.63) is 0 Å². The van der Waals surface area contributed by atoms with Crippen LogP contribution in [0, 0.1) is 17.8 Å². The average molecular weight is 294 g/mol. The van der Waals surface area contributed by atoms with Gasteiger partial charge in [0, 0.05) is 12.5 Å². The van der Waals surface area contributed by atoms with Gasteiger partial charge in [-0.3, -0.25) is 14.9 Å². The number of nitrogens with one attached hydrogen (secondary N) is 2. The van der Waals surface area contributed by atoms with Gasteiger partial charge in [0.05, 0.1) is 0 Å². The van der Waals surface area contributed by atoms with Crippen molar-refractivity contribution >= 4 is 17.9 Å². The first-order chi connectivity index (χ1) is 10.1. The van der Waals surface area contributed by atoms with Crippen molar-refractivity contribution < 1.29 is 19.1 Å². The van der Waals surface area contributed by atoms with Gasteiger partial charge in [-0.25, -0.2) is 4.79 Å². The van der Waals surface area contributed by atoms with Crippen LogP contribution in [0.1, 0.15) is 44.9 Å². The summed E-state index contributed by atoms with van der Waals surface area (Å²) in [6, 6.07) is -0.315. The van der Waals surface area contributed by atoms with Gasteiger partial charge in [-0.05, 0) is 49.9 Å². The monoisotopic (exact) mass is 294 g/mol. The molecule has 3 aliphatic rings. The van der Waals surface area contributed by atoms with Crippen LogP contribution in [-0.4, -0.2) is 30.6 Å². The summed E-state index contributed by atoms with van der Waals surface area (Å²) in [6.07, 6.45) is 7.22. The van der Waals surface area contributed by atoms with Crippen molar-refractivity contribution in [3.8, 4) is 0 Å². The quantitative estimate of drug-likeness (QED) is 0.749. The molecule has 3 amide bonds. The zero-order chi connectivity index (χ0) is 14.8. The van der Waals surface area contributed by atoms with E-state index in [2.05, 4.69) is 10.6 Å². The number of esters is 1. The Morgan fingerprint density at radius 1 is 1.05 bits per heavy atom. The third kappa shape index (κ3) is 3.95. The van der Waals surface area contributed by atoms with Gasteiger partial charge in [-0.15, -0.1) is 0 Å². The van der Waals surface area contributed by atoms with Crippen molar-refractivity contribution in [2.75, 3.05) is 6.61 Å². The minimum absolute atomic E-state index is 0.193. The van der Waals surface area contributed by atoms with E-state index in [4.69, 9.17) is 4.74 Å². The van der Waals surface area contributed by atoms with E-state index in [-0.39, 0.29) is 18.6 Å². The van der Waals surface area contributed by atoms with E-state index < -0.39 is 11.9 Å². The number of urea groups is 1. The van der Waals surface area contributed by atoms with E-state index in [1.165, 1.54) is 19.3 Å². The van der Waals surface area contributed by atoms with Crippen LogP contribution in [0.25, 0.3) is 0 Å². The molecule has 6 nitrogen and oxygen atoms in total. The van der Waals surface area contributed by atoms with Crippen LogP contribution in [0.4, 0.5) is 4.79 Å². The number of hydrogen-bond donors (Lipinski definition) is 2. The van der Waals surface area contributed by atoms with Gasteiger partial charge in [0.1, 0.15) is 0 Å². The lowest BCUT2D eigenvalue weighted by Crippen LogP contribution is -2.42. The van der Waals surface area contributed by atoms with Crippen LogP contribution in [0.5, 0.6) is 0 Å². The van der Waals surface area contributed by atoms with E-state index in [9.17, 15) is 14.4 Å². The van der Waals surface area contributed by atoms with Crippen LogP contribution in [0.3, 0.4) is 0 Å². The van der Waals surface area contributed by atoms with Gasteiger partial charge in [0.15, 0.2) is 6.61 Å². The molecule has 0 spiro atoms. The maximum absolute atomic E-state index is 11.8. The number of carbonyl (C=O) groups is 3. The van der Waals surface area contributed by atoms with Crippen molar-refractivity contribution in [2.45, 2.75) is 51.0 Å².